The highest BCUT2D eigenvalue weighted by molar-refractivity contribution is 6.16. The average molecular weight is 762 g/mol. The predicted molar refractivity (Wildman–Crippen MR) is 247 cm³/mol. The van der Waals surface area contributed by atoms with Gasteiger partial charge in [0.15, 0.2) is 17.5 Å². The molecule has 0 spiro atoms. The van der Waals surface area contributed by atoms with E-state index in [0.29, 0.717) is 11.6 Å². The number of nitrogens with zero attached hydrogens (tertiary/aromatic N) is 5. The fourth-order valence-electron chi connectivity index (χ4n) is 9.37. The van der Waals surface area contributed by atoms with Crippen LogP contribution < -0.4 is 0 Å². The molecule has 11 rings (SSSR count). The fraction of sp³-hybridized carbons (Fsp3) is 0.130. The highest BCUT2D eigenvalue weighted by atomic mass is 15.0. The summed E-state index contributed by atoms with van der Waals surface area (Å²) in [5.41, 5.74) is 14.4. The highest BCUT2D eigenvalue weighted by Gasteiger charge is 2.37. The van der Waals surface area contributed by atoms with Crippen LogP contribution in [0, 0.1) is 0 Å². The molecule has 1 aliphatic carbocycles. The Labute approximate surface area is 344 Å². The Kier molecular flexibility index (Phi) is 8.02. The topological polar surface area (TPSA) is 48.5 Å². The van der Waals surface area contributed by atoms with Crippen LogP contribution in [0.2, 0.25) is 0 Å². The molecule has 1 aliphatic heterocycles. The monoisotopic (exact) mass is 761 g/mol. The lowest BCUT2D eigenvalue weighted by molar-refractivity contribution is 0.633. The van der Waals surface area contributed by atoms with Gasteiger partial charge < -0.3 is 9.13 Å². The van der Waals surface area contributed by atoms with Gasteiger partial charge in [0.2, 0.25) is 0 Å². The van der Waals surface area contributed by atoms with Crippen LogP contribution in [0.4, 0.5) is 0 Å². The van der Waals surface area contributed by atoms with Gasteiger partial charge in [0.05, 0.1) is 22.1 Å². The number of allylic oxidation sites excluding steroid dienone is 7. The molecule has 0 saturated carbocycles. The van der Waals surface area contributed by atoms with Crippen LogP contribution >= 0.6 is 0 Å². The van der Waals surface area contributed by atoms with Crippen LogP contribution in [0.15, 0.2) is 170 Å². The van der Waals surface area contributed by atoms with Gasteiger partial charge >= 0.3 is 0 Å². The largest absolute Gasteiger partial charge is 0.309 e. The van der Waals surface area contributed by atoms with Gasteiger partial charge in [-0.05, 0) is 89.6 Å². The second kappa shape index (κ2) is 13.5. The summed E-state index contributed by atoms with van der Waals surface area (Å²) >= 11 is 0. The first kappa shape index (κ1) is 35.1. The highest BCUT2D eigenvalue weighted by Crippen LogP contribution is 2.50. The molecule has 4 heterocycles. The summed E-state index contributed by atoms with van der Waals surface area (Å²) in [5.74, 6) is 2.08. The Morgan fingerprint density at radius 1 is 0.610 bits per heavy atom. The van der Waals surface area contributed by atoms with Crippen LogP contribution in [-0.4, -0.2) is 24.1 Å². The molecule has 0 N–H and O–H groups in total. The Morgan fingerprint density at radius 2 is 1.31 bits per heavy atom. The first-order valence-corrected chi connectivity index (χ1v) is 20.7. The summed E-state index contributed by atoms with van der Waals surface area (Å²) in [7, 11) is 0. The Bertz CT molecular complexity index is 3280. The molecule has 59 heavy (non-hydrogen) atoms. The number of hydrogen-bond acceptors (Lipinski definition) is 3. The zero-order chi connectivity index (χ0) is 39.8. The molecule has 0 saturated heterocycles. The number of hydrogen-bond donors (Lipinski definition) is 0. The van der Waals surface area contributed by atoms with Crippen LogP contribution in [0.25, 0.3) is 94.5 Å². The van der Waals surface area contributed by atoms with Crippen molar-refractivity contribution in [1.29, 1.82) is 0 Å². The molecule has 0 radical (unpaired) electrons. The summed E-state index contributed by atoms with van der Waals surface area (Å²) in [6, 6.07) is 48.2. The van der Waals surface area contributed by atoms with Crippen molar-refractivity contribution in [1.82, 2.24) is 24.1 Å². The zero-order valence-corrected chi connectivity index (χ0v) is 33.6. The summed E-state index contributed by atoms with van der Waals surface area (Å²) < 4.78 is 4.89. The molecular formula is C54H43N5. The molecule has 0 atom stereocenters. The first-order valence-electron chi connectivity index (χ1n) is 20.7. The minimum atomic E-state index is -0.349. The minimum absolute atomic E-state index is 0.349. The van der Waals surface area contributed by atoms with Crippen LogP contribution in [0.1, 0.15) is 51.4 Å². The number of rotatable bonds is 6. The Morgan fingerprint density at radius 3 is 2.07 bits per heavy atom. The van der Waals surface area contributed by atoms with Crippen LogP contribution in [0.3, 0.4) is 0 Å². The second-order valence-electron chi connectivity index (χ2n) is 16.3. The number of benzene rings is 6. The van der Waals surface area contributed by atoms with Gasteiger partial charge in [-0.25, -0.2) is 15.0 Å². The Balaban J connectivity index is 1.21. The molecule has 284 valence electrons. The van der Waals surface area contributed by atoms with Crippen molar-refractivity contribution < 1.29 is 0 Å². The van der Waals surface area contributed by atoms with Gasteiger partial charge in [-0.15, -0.1) is 0 Å². The minimum Gasteiger partial charge on any atom is -0.309 e. The van der Waals surface area contributed by atoms with Gasteiger partial charge in [0, 0.05) is 49.5 Å². The van der Waals surface area contributed by atoms with E-state index in [1.807, 2.05) is 18.2 Å². The van der Waals surface area contributed by atoms with Crippen molar-refractivity contribution >= 4 is 54.9 Å². The van der Waals surface area contributed by atoms with Crippen molar-refractivity contribution in [2.45, 2.75) is 45.4 Å². The first-order chi connectivity index (χ1) is 28.9. The summed E-state index contributed by atoms with van der Waals surface area (Å²) in [4.78, 5) is 15.5. The number of fused-ring (bicyclic) bond motifs is 6. The van der Waals surface area contributed by atoms with E-state index in [1.54, 1.807) is 0 Å². The van der Waals surface area contributed by atoms with E-state index in [0.717, 1.165) is 58.6 Å². The van der Waals surface area contributed by atoms with Gasteiger partial charge in [-0.2, -0.15) is 0 Å². The van der Waals surface area contributed by atoms with Gasteiger partial charge in [0.25, 0.3) is 0 Å². The molecule has 6 aromatic carbocycles. The van der Waals surface area contributed by atoms with E-state index in [4.69, 9.17) is 21.5 Å². The van der Waals surface area contributed by atoms with Crippen molar-refractivity contribution in [2.75, 3.05) is 0 Å². The second-order valence-corrected chi connectivity index (χ2v) is 16.3. The quantitative estimate of drug-likeness (QED) is 0.170. The smallest absolute Gasteiger partial charge is 0.164 e. The molecule has 0 amide bonds. The van der Waals surface area contributed by atoms with E-state index in [-0.39, 0.29) is 5.41 Å². The molecule has 9 aromatic rings. The van der Waals surface area contributed by atoms with Crippen molar-refractivity contribution in [3.63, 3.8) is 0 Å². The lowest BCUT2D eigenvalue weighted by atomic mass is 9.73. The average Bonchev–Trinajstić information content (AvgIpc) is 3.80. The van der Waals surface area contributed by atoms with Crippen molar-refractivity contribution in [3.8, 4) is 39.6 Å². The van der Waals surface area contributed by atoms with Crippen LogP contribution in [0.5, 0.6) is 0 Å². The van der Waals surface area contributed by atoms with E-state index >= 15 is 0 Å². The SMILES string of the molecule is C=C1C(=CCC)n2c3ccc(-n4c5ccccc5c5ccc(-c6ccccc6)cc54)cc3c3cc(-c4nc(C5=CC=CCC5)nc(-c5ccccc5)n4)cc(c32)C1(C)C. The molecule has 0 unspecified atom stereocenters. The van der Waals surface area contributed by atoms with Crippen LogP contribution in [-0.2, 0) is 5.41 Å². The van der Waals surface area contributed by atoms with Gasteiger partial charge in [-0.3, -0.25) is 0 Å². The molecule has 2 aliphatic rings. The molecule has 5 nitrogen and oxygen atoms in total. The maximum atomic E-state index is 5.24. The van der Waals surface area contributed by atoms with Crippen molar-refractivity contribution in [3.05, 3.63) is 181 Å². The van der Waals surface area contributed by atoms with Crippen molar-refractivity contribution in [2.24, 2.45) is 0 Å². The maximum Gasteiger partial charge on any atom is 0.164 e. The van der Waals surface area contributed by atoms with E-state index in [2.05, 4.69) is 169 Å². The standard InChI is InChI=1S/C54H43N5/c1-5-17-46-34(2)54(3,4)45-31-39(53-56-51(36-20-11-7-12-21-36)55-52(57-53)37-22-13-8-14-23-37)30-44-43-33-40(27-29-48(43)59(46)50(44)45)58-47-25-16-15-24-41(47)42-28-26-38(32-49(42)58)35-18-9-6-10-19-35/h6-13,15-22,24-33H,2,5,14,23H2,1,3-4H3. The third-order valence-corrected chi connectivity index (χ3v) is 12.5. The third kappa shape index (κ3) is 5.49. The summed E-state index contributed by atoms with van der Waals surface area (Å²) in [6.07, 6.45) is 11.6. The lowest BCUT2D eigenvalue weighted by Crippen LogP contribution is -2.27. The summed E-state index contributed by atoms with van der Waals surface area (Å²) in [5, 5.41) is 4.82. The molecule has 3 aromatic heterocycles. The van der Waals surface area contributed by atoms with Gasteiger partial charge in [-0.1, -0.05) is 143 Å². The molecular weight excluding hydrogens is 719 g/mol. The summed E-state index contributed by atoms with van der Waals surface area (Å²) in [6.45, 7) is 11.6. The van der Waals surface area contributed by atoms with E-state index < -0.39 is 0 Å². The van der Waals surface area contributed by atoms with Gasteiger partial charge in [0.1, 0.15) is 0 Å². The Hall–Kier alpha value is -7.11. The predicted octanol–water partition coefficient (Wildman–Crippen LogP) is 13.9. The third-order valence-electron chi connectivity index (χ3n) is 12.5. The number of aromatic nitrogens is 5. The van der Waals surface area contributed by atoms with E-state index in [1.165, 1.54) is 60.5 Å². The zero-order valence-electron chi connectivity index (χ0n) is 33.6. The van der Waals surface area contributed by atoms with E-state index in [9.17, 15) is 0 Å². The maximum absolute atomic E-state index is 5.24. The normalized spacial score (nSPS) is 15.5. The lowest BCUT2D eigenvalue weighted by Gasteiger charge is -2.36. The molecule has 0 fully saturated rings. The fourth-order valence-corrected chi connectivity index (χ4v) is 9.37. The molecule has 5 heteroatoms. The number of para-hydroxylation sites is 1. The molecule has 0 bridgehead atoms.